The summed E-state index contributed by atoms with van der Waals surface area (Å²) in [7, 11) is 0. The summed E-state index contributed by atoms with van der Waals surface area (Å²) in [5.41, 5.74) is 0.304. The smallest absolute Gasteiger partial charge is 0.302 e. The van der Waals surface area contributed by atoms with Crippen molar-refractivity contribution in [2.75, 3.05) is 0 Å². The maximum absolute atomic E-state index is 12.9. The van der Waals surface area contributed by atoms with Crippen molar-refractivity contribution in [1.29, 1.82) is 0 Å². The van der Waals surface area contributed by atoms with Gasteiger partial charge in [0, 0.05) is 26.2 Å². The van der Waals surface area contributed by atoms with E-state index in [0.29, 0.717) is 42.4 Å². The van der Waals surface area contributed by atoms with E-state index < -0.39 is 0 Å². The fourth-order valence-corrected chi connectivity index (χ4v) is 8.64. The SMILES string of the molecule is CC(=O)O[C@@H]1CC(=O)CC[C@H]2[C@@H]3CC[C@H]([C@H](C)CCCC(C)C)[C@@]3(C)CC[C@@H]2[C@@]2(C)O[C@H]2C1. The molecule has 0 spiro atoms. The van der Waals surface area contributed by atoms with Crippen molar-refractivity contribution in [2.24, 2.45) is 40.9 Å². The molecule has 4 nitrogen and oxygen atoms in total. The van der Waals surface area contributed by atoms with Crippen LogP contribution >= 0.6 is 0 Å². The van der Waals surface area contributed by atoms with Crippen LogP contribution in [-0.2, 0) is 19.1 Å². The maximum Gasteiger partial charge on any atom is 0.302 e. The fraction of sp³-hybridized carbons (Fsp3) is 0.931. The molecule has 4 fully saturated rings. The van der Waals surface area contributed by atoms with Gasteiger partial charge < -0.3 is 9.47 Å². The molecule has 3 saturated carbocycles. The first-order valence-electron chi connectivity index (χ1n) is 13.9. The van der Waals surface area contributed by atoms with Gasteiger partial charge >= 0.3 is 5.97 Å². The van der Waals surface area contributed by atoms with Gasteiger partial charge in [-0.1, -0.05) is 47.0 Å². The topological polar surface area (TPSA) is 55.9 Å². The summed E-state index contributed by atoms with van der Waals surface area (Å²) >= 11 is 0. The highest BCUT2D eigenvalue weighted by atomic mass is 16.6. The third-order valence-electron chi connectivity index (χ3n) is 10.4. The molecule has 1 aliphatic heterocycles. The molecule has 9 atom stereocenters. The number of ketones is 1. The van der Waals surface area contributed by atoms with Crippen molar-refractivity contribution >= 4 is 11.8 Å². The average Bonchev–Trinajstić information content (AvgIpc) is 3.21. The zero-order valence-electron chi connectivity index (χ0n) is 22.0. The number of esters is 1. The van der Waals surface area contributed by atoms with Crippen molar-refractivity contribution in [1.82, 2.24) is 0 Å². The number of hydrogen-bond acceptors (Lipinski definition) is 4. The number of fused-ring (bicyclic) bond motifs is 5. The van der Waals surface area contributed by atoms with Crippen LogP contribution in [0.5, 0.6) is 0 Å². The molecular formula is C29H48O4. The van der Waals surface area contributed by atoms with Crippen LogP contribution in [0.4, 0.5) is 0 Å². The third-order valence-corrected chi connectivity index (χ3v) is 10.4. The molecule has 0 N–H and O–H groups in total. The minimum atomic E-state index is -0.324. The van der Waals surface area contributed by atoms with Crippen molar-refractivity contribution < 1.29 is 19.1 Å². The normalized spacial score (nSPS) is 43.9. The molecule has 1 heterocycles. The highest BCUT2D eigenvalue weighted by Crippen LogP contribution is 2.66. The summed E-state index contributed by atoms with van der Waals surface area (Å²) in [6.45, 7) is 13.5. The molecule has 4 aliphatic rings. The Morgan fingerprint density at radius 3 is 2.55 bits per heavy atom. The first-order chi connectivity index (χ1) is 15.5. The van der Waals surface area contributed by atoms with Crippen LogP contribution in [-0.4, -0.2) is 29.6 Å². The van der Waals surface area contributed by atoms with Crippen LogP contribution in [0.25, 0.3) is 0 Å². The van der Waals surface area contributed by atoms with Gasteiger partial charge in [-0.2, -0.15) is 0 Å². The number of carbonyl (C=O) groups excluding carboxylic acids is 2. The molecule has 0 bridgehead atoms. The van der Waals surface area contributed by atoms with Crippen molar-refractivity contribution in [2.45, 2.75) is 130 Å². The molecule has 0 aromatic carbocycles. The van der Waals surface area contributed by atoms with E-state index in [1.807, 2.05) is 0 Å². The van der Waals surface area contributed by atoms with Crippen LogP contribution in [0.2, 0.25) is 0 Å². The lowest BCUT2D eigenvalue weighted by Gasteiger charge is -2.51. The zero-order valence-corrected chi connectivity index (χ0v) is 22.0. The molecule has 1 saturated heterocycles. The van der Waals surface area contributed by atoms with E-state index in [2.05, 4.69) is 34.6 Å². The number of ether oxygens (including phenoxy) is 2. The van der Waals surface area contributed by atoms with Gasteiger partial charge in [-0.05, 0) is 80.0 Å². The Morgan fingerprint density at radius 1 is 1.09 bits per heavy atom. The molecule has 33 heavy (non-hydrogen) atoms. The lowest BCUT2D eigenvalue weighted by Crippen LogP contribution is -2.47. The summed E-state index contributed by atoms with van der Waals surface area (Å²) in [5.74, 6) is 4.20. The van der Waals surface area contributed by atoms with Crippen LogP contribution in [0.1, 0.15) is 112 Å². The lowest BCUT2D eigenvalue weighted by molar-refractivity contribution is -0.148. The molecule has 4 rings (SSSR count). The first kappa shape index (κ1) is 25.2. The van der Waals surface area contributed by atoms with Crippen molar-refractivity contribution in [3.63, 3.8) is 0 Å². The van der Waals surface area contributed by atoms with Gasteiger partial charge in [0.05, 0.1) is 11.7 Å². The Balaban J connectivity index is 1.49. The largest absolute Gasteiger partial charge is 0.462 e. The van der Waals surface area contributed by atoms with Gasteiger partial charge in [-0.15, -0.1) is 0 Å². The van der Waals surface area contributed by atoms with Crippen molar-refractivity contribution in [3.05, 3.63) is 0 Å². The number of rotatable bonds is 6. The van der Waals surface area contributed by atoms with Crippen LogP contribution < -0.4 is 0 Å². The van der Waals surface area contributed by atoms with Gasteiger partial charge in [-0.3, -0.25) is 9.59 Å². The quantitative estimate of drug-likeness (QED) is 0.325. The predicted molar refractivity (Wildman–Crippen MR) is 131 cm³/mol. The average molecular weight is 461 g/mol. The molecule has 3 aliphatic carbocycles. The second kappa shape index (κ2) is 9.63. The maximum atomic E-state index is 12.9. The Kier molecular flexibility index (Phi) is 7.35. The van der Waals surface area contributed by atoms with Gasteiger partial charge in [0.2, 0.25) is 0 Å². The third kappa shape index (κ3) is 5.07. The Labute approximate surface area is 201 Å². The first-order valence-corrected chi connectivity index (χ1v) is 13.9. The summed E-state index contributed by atoms with van der Waals surface area (Å²) in [4.78, 5) is 24.4. The highest BCUT2D eigenvalue weighted by Gasteiger charge is 2.65. The summed E-state index contributed by atoms with van der Waals surface area (Å²) in [6, 6.07) is 0. The van der Waals surface area contributed by atoms with E-state index in [4.69, 9.17) is 9.47 Å². The second-order valence-electron chi connectivity index (χ2n) is 12.9. The van der Waals surface area contributed by atoms with Crippen LogP contribution in [0.15, 0.2) is 0 Å². The number of hydrogen-bond donors (Lipinski definition) is 0. The summed E-state index contributed by atoms with van der Waals surface area (Å²) in [5, 5.41) is 0. The van der Waals surface area contributed by atoms with Gasteiger partial charge in [0.15, 0.2) is 0 Å². The molecule has 0 aromatic rings. The molecular weight excluding hydrogens is 412 g/mol. The van der Waals surface area contributed by atoms with E-state index in [-0.39, 0.29) is 29.6 Å². The van der Waals surface area contributed by atoms with E-state index >= 15 is 0 Å². The minimum absolute atomic E-state index is 0.105. The molecule has 188 valence electrons. The Bertz CT molecular complexity index is 731. The van der Waals surface area contributed by atoms with Crippen molar-refractivity contribution in [3.8, 4) is 0 Å². The number of carbonyl (C=O) groups is 2. The van der Waals surface area contributed by atoms with Gasteiger partial charge in [0.1, 0.15) is 11.9 Å². The Morgan fingerprint density at radius 2 is 1.85 bits per heavy atom. The van der Waals surface area contributed by atoms with E-state index in [1.54, 1.807) is 0 Å². The minimum Gasteiger partial charge on any atom is -0.462 e. The fourth-order valence-electron chi connectivity index (χ4n) is 8.64. The van der Waals surface area contributed by atoms with E-state index in [1.165, 1.54) is 51.9 Å². The van der Waals surface area contributed by atoms with E-state index in [0.717, 1.165) is 24.2 Å². The molecule has 0 aromatic heterocycles. The van der Waals surface area contributed by atoms with E-state index in [9.17, 15) is 9.59 Å². The molecule has 0 radical (unpaired) electrons. The standard InChI is InChI=1S/C29H48O4/c1-18(2)8-7-9-19(3)24-12-13-25-23-11-10-21(31)16-22(32-20(4)30)17-27-29(6,33-27)26(23)14-15-28(24,25)5/h18-19,22-27H,7-17H2,1-6H3/t19-,22-,23+,24-,25+,26+,27+,28-,29-/m1/s1. The van der Waals surface area contributed by atoms with Gasteiger partial charge in [-0.25, -0.2) is 0 Å². The number of Topliss-reactive ketones (excluding diaryl/α,β-unsaturated/α-hetero) is 1. The van der Waals surface area contributed by atoms with Crippen LogP contribution in [0, 0.1) is 40.9 Å². The van der Waals surface area contributed by atoms with Crippen LogP contribution in [0.3, 0.4) is 0 Å². The lowest BCUT2D eigenvalue weighted by atomic mass is 9.53. The zero-order chi connectivity index (χ0) is 24.0. The summed E-state index contributed by atoms with van der Waals surface area (Å²) < 4.78 is 11.9. The molecule has 0 amide bonds. The van der Waals surface area contributed by atoms with Gasteiger partial charge in [0.25, 0.3) is 0 Å². The predicted octanol–water partition coefficient (Wildman–Crippen LogP) is 6.74. The highest BCUT2D eigenvalue weighted by molar-refractivity contribution is 5.79. The number of epoxide rings is 1. The summed E-state index contributed by atoms with van der Waals surface area (Å²) in [6.07, 6.45) is 11.7. The monoisotopic (exact) mass is 460 g/mol. The molecule has 4 heteroatoms. The Hall–Kier alpha value is -0.900. The molecule has 0 unspecified atom stereocenters. The second-order valence-corrected chi connectivity index (χ2v) is 12.9.